The molecule has 1 aromatic rings. The van der Waals surface area contributed by atoms with Crippen molar-refractivity contribution in [2.45, 2.75) is 13.5 Å². The number of hydrogen-bond acceptors (Lipinski definition) is 5. The molecule has 0 aliphatic carbocycles. The lowest BCUT2D eigenvalue weighted by Crippen LogP contribution is -2.13. The molecule has 1 aromatic carbocycles. The fraction of sp³-hybridized carbons (Fsp3) is 0.417. The zero-order valence-electron chi connectivity index (χ0n) is 10.2. The summed E-state index contributed by atoms with van der Waals surface area (Å²) in [6.45, 7) is 1.81. The molecule has 1 rings (SSSR count). The van der Waals surface area contributed by atoms with Crippen LogP contribution in [0, 0.1) is 0 Å². The molecule has 100 valence electrons. The minimum atomic E-state index is -0.514. The summed E-state index contributed by atoms with van der Waals surface area (Å²) in [5.74, 6) is 0.138. The highest BCUT2D eigenvalue weighted by Crippen LogP contribution is 2.36. The molecule has 1 N–H and O–H groups in total. The molecule has 18 heavy (non-hydrogen) atoms. The second-order valence-electron chi connectivity index (χ2n) is 3.36. The second-order valence-corrected chi connectivity index (χ2v) is 3.77. The maximum absolute atomic E-state index is 11.0. The Labute approximate surface area is 110 Å². The average Bonchev–Trinajstić information content (AvgIpc) is 2.37. The zero-order chi connectivity index (χ0) is 13.5. The Morgan fingerprint density at radius 2 is 2.11 bits per heavy atom. The molecular formula is C12H15ClO5. The third-order valence-corrected chi connectivity index (χ3v) is 2.39. The van der Waals surface area contributed by atoms with Crippen molar-refractivity contribution < 1.29 is 24.1 Å². The van der Waals surface area contributed by atoms with Crippen LogP contribution in [-0.4, -0.2) is 31.4 Å². The van der Waals surface area contributed by atoms with Gasteiger partial charge in [-0.25, -0.2) is 4.79 Å². The number of aliphatic hydroxyl groups excluding tert-OH is 1. The third-order valence-electron chi connectivity index (χ3n) is 2.11. The molecule has 0 bridgehead atoms. The molecule has 0 aromatic heterocycles. The van der Waals surface area contributed by atoms with Gasteiger partial charge in [0.15, 0.2) is 18.1 Å². The first-order chi connectivity index (χ1) is 8.62. The Bertz CT molecular complexity index is 419. The fourth-order valence-corrected chi connectivity index (χ4v) is 1.59. The van der Waals surface area contributed by atoms with Crippen LogP contribution in [0.2, 0.25) is 5.02 Å². The molecule has 6 heteroatoms. The maximum Gasteiger partial charge on any atom is 0.343 e. The van der Waals surface area contributed by atoms with Gasteiger partial charge >= 0.3 is 5.97 Å². The van der Waals surface area contributed by atoms with Gasteiger partial charge in [0, 0.05) is 0 Å². The van der Waals surface area contributed by atoms with E-state index in [1.165, 1.54) is 7.11 Å². The number of ether oxygens (including phenoxy) is 3. The number of carbonyl (C=O) groups is 1. The van der Waals surface area contributed by atoms with Crippen LogP contribution < -0.4 is 9.47 Å². The van der Waals surface area contributed by atoms with Gasteiger partial charge in [0.2, 0.25) is 0 Å². The van der Waals surface area contributed by atoms with Crippen LogP contribution in [0.25, 0.3) is 0 Å². The van der Waals surface area contributed by atoms with Crippen LogP contribution >= 0.6 is 11.6 Å². The minimum Gasteiger partial charge on any atom is -0.490 e. The molecule has 0 radical (unpaired) electrons. The number of esters is 1. The van der Waals surface area contributed by atoms with Gasteiger partial charge < -0.3 is 19.3 Å². The molecule has 0 aliphatic rings. The quantitative estimate of drug-likeness (QED) is 0.801. The van der Waals surface area contributed by atoms with Crippen LogP contribution in [0.4, 0.5) is 0 Å². The van der Waals surface area contributed by atoms with E-state index in [-0.39, 0.29) is 24.0 Å². The van der Waals surface area contributed by atoms with Crippen molar-refractivity contribution in [2.75, 3.05) is 20.3 Å². The molecule has 5 nitrogen and oxygen atoms in total. The molecule has 0 atom stereocenters. The summed E-state index contributed by atoms with van der Waals surface area (Å²) in [5, 5.41) is 9.34. The van der Waals surface area contributed by atoms with E-state index in [0.29, 0.717) is 17.9 Å². The fourth-order valence-electron chi connectivity index (χ4n) is 1.31. The van der Waals surface area contributed by atoms with Gasteiger partial charge in [-0.15, -0.1) is 0 Å². The molecular weight excluding hydrogens is 260 g/mol. The van der Waals surface area contributed by atoms with E-state index < -0.39 is 5.97 Å². The first kappa shape index (κ1) is 14.6. The predicted octanol–water partition coefficient (Wildman–Crippen LogP) is 1.78. The van der Waals surface area contributed by atoms with Gasteiger partial charge in [-0.05, 0) is 24.6 Å². The smallest absolute Gasteiger partial charge is 0.343 e. The summed E-state index contributed by atoms with van der Waals surface area (Å²) < 4.78 is 15.1. The van der Waals surface area contributed by atoms with Gasteiger partial charge in [-0.2, -0.15) is 0 Å². The normalized spacial score (nSPS) is 10.0. The second kappa shape index (κ2) is 7.08. The minimum absolute atomic E-state index is 0.156. The number of halogens is 1. The van der Waals surface area contributed by atoms with Crippen LogP contribution in [0.5, 0.6) is 11.5 Å². The highest BCUT2D eigenvalue weighted by Gasteiger charge is 2.14. The first-order valence-corrected chi connectivity index (χ1v) is 5.75. The van der Waals surface area contributed by atoms with E-state index in [9.17, 15) is 4.79 Å². The van der Waals surface area contributed by atoms with Crippen LogP contribution in [0.3, 0.4) is 0 Å². The number of carbonyl (C=O) groups excluding carboxylic acids is 1. The van der Waals surface area contributed by atoms with Crippen LogP contribution in [-0.2, 0) is 16.1 Å². The van der Waals surface area contributed by atoms with Crippen molar-refractivity contribution >= 4 is 17.6 Å². The lowest BCUT2D eigenvalue weighted by molar-refractivity contribution is -0.142. The summed E-state index contributed by atoms with van der Waals surface area (Å²) in [5.41, 5.74) is 0.605. The number of aliphatic hydroxyl groups is 1. The van der Waals surface area contributed by atoms with Crippen LogP contribution in [0.15, 0.2) is 12.1 Å². The highest BCUT2D eigenvalue weighted by atomic mass is 35.5. The topological polar surface area (TPSA) is 65.0 Å². The molecule has 0 saturated heterocycles. The largest absolute Gasteiger partial charge is 0.490 e. The lowest BCUT2D eigenvalue weighted by atomic mass is 10.2. The van der Waals surface area contributed by atoms with Gasteiger partial charge in [0.1, 0.15) is 0 Å². The Hall–Kier alpha value is -1.46. The van der Waals surface area contributed by atoms with Crippen molar-refractivity contribution in [1.82, 2.24) is 0 Å². The van der Waals surface area contributed by atoms with Gasteiger partial charge in [0.05, 0.1) is 25.3 Å². The van der Waals surface area contributed by atoms with E-state index in [1.54, 1.807) is 12.1 Å². The van der Waals surface area contributed by atoms with Gasteiger partial charge in [-0.3, -0.25) is 0 Å². The van der Waals surface area contributed by atoms with Crippen molar-refractivity contribution in [2.24, 2.45) is 0 Å². The van der Waals surface area contributed by atoms with Gasteiger partial charge in [-0.1, -0.05) is 11.6 Å². The summed E-state index contributed by atoms with van der Waals surface area (Å²) in [6.07, 6.45) is 0. The van der Waals surface area contributed by atoms with Crippen molar-refractivity contribution in [3.05, 3.63) is 22.7 Å². The van der Waals surface area contributed by atoms with Crippen molar-refractivity contribution in [1.29, 1.82) is 0 Å². The number of hydrogen-bond donors (Lipinski definition) is 1. The summed E-state index contributed by atoms with van der Waals surface area (Å²) in [6, 6.07) is 3.17. The van der Waals surface area contributed by atoms with E-state index >= 15 is 0 Å². The molecule has 0 spiro atoms. The Balaban J connectivity index is 2.96. The standard InChI is InChI=1S/C12H15ClO5/c1-3-17-10-5-8(6-14)4-9(13)12(10)18-7-11(15)16-2/h4-5,14H,3,6-7H2,1-2H3. The number of methoxy groups -OCH3 is 1. The first-order valence-electron chi connectivity index (χ1n) is 5.38. The van der Waals surface area contributed by atoms with E-state index in [4.69, 9.17) is 26.2 Å². The van der Waals surface area contributed by atoms with E-state index in [1.807, 2.05) is 6.92 Å². The SMILES string of the molecule is CCOc1cc(CO)cc(Cl)c1OCC(=O)OC. The maximum atomic E-state index is 11.0. The summed E-state index contributed by atoms with van der Waals surface area (Å²) in [7, 11) is 1.27. The summed E-state index contributed by atoms with van der Waals surface area (Å²) >= 11 is 6.01. The van der Waals surface area contributed by atoms with E-state index in [0.717, 1.165) is 0 Å². The lowest BCUT2D eigenvalue weighted by Gasteiger charge is -2.14. The molecule has 0 fully saturated rings. The van der Waals surface area contributed by atoms with E-state index in [2.05, 4.69) is 4.74 Å². The Morgan fingerprint density at radius 3 is 2.67 bits per heavy atom. The molecule has 0 heterocycles. The molecule has 0 aliphatic heterocycles. The third kappa shape index (κ3) is 3.78. The predicted molar refractivity (Wildman–Crippen MR) is 66.1 cm³/mol. The Morgan fingerprint density at radius 1 is 1.39 bits per heavy atom. The monoisotopic (exact) mass is 274 g/mol. The number of rotatable bonds is 6. The highest BCUT2D eigenvalue weighted by molar-refractivity contribution is 6.32. The van der Waals surface area contributed by atoms with Crippen molar-refractivity contribution in [3.63, 3.8) is 0 Å². The van der Waals surface area contributed by atoms with Crippen molar-refractivity contribution in [3.8, 4) is 11.5 Å². The molecule has 0 unspecified atom stereocenters. The summed E-state index contributed by atoms with van der Waals surface area (Å²) in [4.78, 5) is 11.0. The van der Waals surface area contributed by atoms with Gasteiger partial charge in [0.25, 0.3) is 0 Å². The van der Waals surface area contributed by atoms with Crippen LogP contribution in [0.1, 0.15) is 12.5 Å². The molecule has 0 amide bonds. The number of benzene rings is 1. The Kier molecular flexibility index (Phi) is 5.74. The zero-order valence-corrected chi connectivity index (χ0v) is 11.0. The average molecular weight is 275 g/mol. The molecule has 0 saturated carbocycles.